The first-order valence-corrected chi connectivity index (χ1v) is 8.45. The molecule has 2 heterocycles. The molecule has 1 fully saturated rings. The minimum Gasteiger partial charge on any atom is -0.348 e. The van der Waals surface area contributed by atoms with Crippen molar-refractivity contribution < 1.29 is 0 Å². The van der Waals surface area contributed by atoms with Crippen LogP contribution < -0.4 is 10.2 Å². The molecule has 0 saturated carbocycles. The number of hydrogen-bond donors (Lipinski definition) is 1. The highest BCUT2D eigenvalue weighted by molar-refractivity contribution is 7.16. The van der Waals surface area contributed by atoms with Gasteiger partial charge in [-0.15, -0.1) is 0 Å². The summed E-state index contributed by atoms with van der Waals surface area (Å²) in [7, 11) is 1.99. The summed E-state index contributed by atoms with van der Waals surface area (Å²) >= 11 is 1.83. The van der Waals surface area contributed by atoms with Gasteiger partial charge in [-0.1, -0.05) is 55.5 Å². The second-order valence-electron chi connectivity index (χ2n) is 6.02. The predicted molar refractivity (Wildman–Crippen MR) is 90.9 cm³/mol. The van der Waals surface area contributed by atoms with Crippen molar-refractivity contribution in [2.75, 3.05) is 25.0 Å². The van der Waals surface area contributed by atoms with Gasteiger partial charge in [0.25, 0.3) is 0 Å². The molecule has 1 aliphatic rings. The Morgan fingerprint density at radius 2 is 1.86 bits per heavy atom. The van der Waals surface area contributed by atoms with E-state index in [0.717, 1.165) is 37.2 Å². The van der Waals surface area contributed by atoms with Gasteiger partial charge >= 0.3 is 0 Å². The second-order valence-corrected chi connectivity index (χ2v) is 7.09. The Kier molecular flexibility index (Phi) is 4.27. The molecule has 0 aliphatic carbocycles. The molecule has 21 heavy (non-hydrogen) atoms. The van der Waals surface area contributed by atoms with Crippen LogP contribution in [-0.4, -0.2) is 25.1 Å². The minimum absolute atomic E-state index is 0.752. The highest BCUT2D eigenvalue weighted by Crippen LogP contribution is 2.36. The third kappa shape index (κ3) is 2.97. The van der Waals surface area contributed by atoms with E-state index in [0.29, 0.717) is 0 Å². The summed E-state index contributed by atoms with van der Waals surface area (Å²) in [6.07, 6.45) is 0. The first-order chi connectivity index (χ1) is 10.2. The highest BCUT2D eigenvalue weighted by Gasteiger charge is 2.28. The molecule has 112 valence electrons. The lowest BCUT2D eigenvalue weighted by Gasteiger charge is -2.13. The fourth-order valence-corrected chi connectivity index (χ4v) is 3.97. The van der Waals surface area contributed by atoms with E-state index in [1.54, 1.807) is 0 Å². The maximum Gasteiger partial charge on any atom is 0.186 e. The van der Waals surface area contributed by atoms with Crippen LogP contribution in [-0.2, 0) is 6.54 Å². The molecular formula is C17H23N3S. The van der Waals surface area contributed by atoms with Crippen LogP contribution >= 0.6 is 11.3 Å². The molecule has 2 aromatic rings. The Bertz CT molecular complexity index is 583. The zero-order valence-corrected chi connectivity index (χ0v) is 13.8. The van der Waals surface area contributed by atoms with Crippen molar-refractivity contribution in [1.82, 2.24) is 10.3 Å². The van der Waals surface area contributed by atoms with Crippen molar-refractivity contribution in [1.29, 1.82) is 0 Å². The van der Waals surface area contributed by atoms with Gasteiger partial charge in [-0.3, -0.25) is 0 Å². The number of nitrogens with zero attached hydrogens (tertiary/aromatic N) is 2. The van der Waals surface area contributed by atoms with Crippen molar-refractivity contribution in [3.05, 3.63) is 35.2 Å². The van der Waals surface area contributed by atoms with Crippen LogP contribution in [0.5, 0.6) is 0 Å². The van der Waals surface area contributed by atoms with E-state index in [9.17, 15) is 0 Å². The summed E-state index contributed by atoms with van der Waals surface area (Å²) < 4.78 is 0. The maximum atomic E-state index is 4.95. The van der Waals surface area contributed by atoms with Crippen LogP contribution in [0.4, 0.5) is 5.13 Å². The lowest BCUT2D eigenvalue weighted by atomic mass is 10.0. The third-order valence-electron chi connectivity index (χ3n) is 4.33. The largest absolute Gasteiger partial charge is 0.348 e. The molecule has 4 heteroatoms. The van der Waals surface area contributed by atoms with Crippen molar-refractivity contribution in [2.24, 2.45) is 11.8 Å². The maximum absolute atomic E-state index is 4.95. The van der Waals surface area contributed by atoms with Crippen LogP contribution in [0, 0.1) is 11.8 Å². The number of thiazole rings is 1. The average molecular weight is 301 g/mol. The number of rotatable bonds is 4. The van der Waals surface area contributed by atoms with Gasteiger partial charge < -0.3 is 10.2 Å². The Morgan fingerprint density at radius 3 is 2.48 bits per heavy atom. The van der Waals surface area contributed by atoms with E-state index < -0.39 is 0 Å². The number of nitrogens with one attached hydrogen (secondary N) is 1. The minimum atomic E-state index is 0.752. The summed E-state index contributed by atoms with van der Waals surface area (Å²) in [5.41, 5.74) is 2.35. The first kappa shape index (κ1) is 14.5. The predicted octanol–water partition coefficient (Wildman–Crippen LogP) is 3.62. The Hall–Kier alpha value is -1.39. The molecule has 1 saturated heterocycles. The standard InChI is InChI=1S/C17H23N3S/c1-12-10-20(11-13(12)2)17-19-16(15(21-17)9-18-3)14-7-5-4-6-8-14/h4-8,12-13,18H,9-11H2,1-3H3. The zero-order valence-electron chi connectivity index (χ0n) is 13.0. The van der Waals surface area contributed by atoms with Crippen LogP contribution in [0.15, 0.2) is 30.3 Å². The molecule has 0 bridgehead atoms. The fraction of sp³-hybridized carbons (Fsp3) is 0.471. The van der Waals surface area contributed by atoms with E-state index in [1.807, 2.05) is 18.4 Å². The second kappa shape index (κ2) is 6.16. The summed E-state index contributed by atoms with van der Waals surface area (Å²) in [5, 5.41) is 4.44. The molecule has 0 amide bonds. The SMILES string of the molecule is CNCc1sc(N2CC(C)C(C)C2)nc1-c1ccccc1. The van der Waals surface area contributed by atoms with Crippen LogP contribution in [0.25, 0.3) is 11.3 Å². The molecule has 2 unspecified atom stereocenters. The van der Waals surface area contributed by atoms with Crippen molar-refractivity contribution in [3.8, 4) is 11.3 Å². The van der Waals surface area contributed by atoms with Crippen LogP contribution in [0.2, 0.25) is 0 Å². The first-order valence-electron chi connectivity index (χ1n) is 7.63. The van der Waals surface area contributed by atoms with E-state index in [4.69, 9.17) is 4.98 Å². The highest BCUT2D eigenvalue weighted by atomic mass is 32.1. The summed E-state index contributed by atoms with van der Waals surface area (Å²) in [5.74, 6) is 1.50. The number of aromatic nitrogens is 1. The van der Waals surface area contributed by atoms with Gasteiger partial charge in [0.2, 0.25) is 0 Å². The van der Waals surface area contributed by atoms with Gasteiger partial charge in [-0.05, 0) is 18.9 Å². The normalized spacial score (nSPS) is 22.0. The third-order valence-corrected chi connectivity index (χ3v) is 5.45. The molecule has 3 rings (SSSR count). The molecule has 1 aliphatic heterocycles. The topological polar surface area (TPSA) is 28.2 Å². The number of benzene rings is 1. The van der Waals surface area contributed by atoms with Crippen molar-refractivity contribution >= 4 is 16.5 Å². The average Bonchev–Trinajstić information content (AvgIpc) is 3.05. The van der Waals surface area contributed by atoms with Gasteiger partial charge in [0.15, 0.2) is 5.13 Å². The summed E-state index contributed by atoms with van der Waals surface area (Å²) in [4.78, 5) is 8.73. The smallest absolute Gasteiger partial charge is 0.186 e. The monoisotopic (exact) mass is 301 g/mol. The van der Waals surface area contributed by atoms with Crippen LogP contribution in [0.1, 0.15) is 18.7 Å². The Balaban J connectivity index is 1.93. The quantitative estimate of drug-likeness (QED) is 0.935. The molecular weight excluding hydrogens is 278 g/mol. The van der Waals surface area contributed by atoms with Gasteiger partial charge in [-0.25, -0.2) is 4.98 Å². The van der Waals surface area contributed by atoms with E-state index in [-0.39, 0.29) is 0 Å². The summed E-state index contributed by atoms with van der Waals surface area (Å²) in [6.45, 7) is 7.81. The van der Waals surface area contributed by atoms with E-state index in [2.05, 4.69) is 54.4 Å². The zero-order chi connectivity index (χ0) is 14.8. The van der Waals surface area contributed by atoms with E-state index in [1.165, 1.54) is 15.6 Å². The molecule has 0 spiro atoms. The van der Waals surface area contributed by atoms with Crippen molar-refractivity contribution in [3.63, 3.8) is 0 Å². The molecule has 1 N–H and O–H groups in total. The van der Waals surface area contributed by atoms with Gasteiger partial charge in [0.1, 0.15) is 0 Å². The van der Waals surface area contributed by atoms with Gasteiger partial charge in [0, 0.05) is 30.1 Å². The number of anilines is 1. The van der Waals surface area contributed by atoms with Gasteiger partial charge in [0.05, 0.1) is 5.69 Å². The molecule has 2 atom stereocenters. The fourth-order valence-electron chi connectivity index (χ4n) is 2.86. The Morgan fingerprint density at radius 1 is 1.19 bits per heavy atom. The summed E-state index contributed by atoms with van der Waals surface area (Å²) in [6, 6.07) is 10.5. The lowest BCUT2D eigenvalue weighted by Crippen LogP contribution is -2.19. The number of hydrogen-bond acceptors (Lipinski definition) is 4. The molecule has 1 aromatic carbocycles. The molecule has 1 aromatic heterocycles. The lowest BCUT2D eigenvalue weighted by molar-refractivity contribution is 0.494. The van der Waals surface area contributed by atoms with E-state index >= 15 is 0 Å². The Labute approximate surface area is 131 Å². The van der Waals surface area contributed by atoms with Crippen LogP contribution in [0.3, 0.4) is 0 Å². The van der Waals surface area contributed by atoms with Gasteiger partial charge in [-0.2, -0.15) is 0 Å². The molecule has 3 nitrogen and oxygen atoms in total. The van der Waals surface area contributed by atoms with Crippen molar-refractivity contribution in [2.45, 2.75) is 20.4 Å². The molecule has 0 radical (unpaired) electrons.